The second-order valence-corrected chi connectivity index (χ2v) is 5.29. The summed E-state index contributed by atoms with van der Waals surface area (Å²) in [5, 5.41) is 10.5. The Bertz CT molecular complexity index is 693. The van der Waals surface area contributed by atoms with Crippen LogP contribution in [-0.2, 0) is 12.2 Å². The molecule has 3 aromatic rings. The Kier molecular flexibility index (Phi) is 3.51. The van der Waals surface area contributed by atoms with Crippen LogP contribution in [0.4, 0.5) is 0 Å². The highest BCUT2D eigenvalue weighted by Gasteiger charge is 2.05. The van der Waals surface area contributed by atoms with Crippen LogP contribution >= 0.6 is 11.8 Å². The normalized spacial score (nSPS) is 11.0. The van der Waals surface area contributed by atoms with Crippen LogP contribution in [0.5, 0.6) is 0 Å². The van der Waals surface area contributed by atoms with E-state index >= 15 is 0 Å². The molecule has 0 saturated heterocycles. The number of benzene rings is 2. The number of aromatic nitrogens is 2. The van der Waals surface area contributed by atoms with Crippen LogP contribution in [-0.4, -0.2) is 10.2 Å². The molecule has 0 bridgehead atoms. The molecule has 0 aliphatic heterocycles. The van der Waals surface area contributed by atoms with Crippen LogP contribution in [0.15, 0.2) is 51.8 Å². The van der Waals surface area contributed by atoms with Crippen LogP contribution in [0.25, 0.3) is 10.8 Å². The van der Waals surface area contributed by atoms with E-state index in [0.29, 0.717) is 17.5 Å². The summed E-state index contributed by atoms with van der Waals surface area (Å²) in [5.74, 6) is 2.11. The molecule has 0 N–H and O–H groups in total. The molecule has 0 saturated carbocycles. The van der Waals surface area contributed by atoms with Gasteiger partial charge in [-0.15, -0.1) is 22.0 Å². The lowest BCUT2D eigenvalue weighted by Crippen LogP contribution is -1.81. The smallest absolute Gasteiger partial charge is 0.226 e. The Morgan fingerprint density at radius 2 is 1.79 bits per heavy atom. The maximum atomic E-state index is 5.50. The zero-order valence-corrected chi connectivity index (χ0v) is 11.5. The van der Waals surface area contributed by atoms with Gasteiger partial charge in [0.1, 0.15) is 0 Å². The highest BCUT2D eigenvalue weighted by Crippen LogP contribution is 2.26. The second-order valence-electron chi connectivity index (χ2n) is 4.24. The van der Waals surface area contributed by atoms with Crippen LogP contribution in [0, 0.1) is 0 Å². The van der Waals surface area contributed by atoms with Crippen molar-refractivity contribution < 1.29 is 4.42 Å². The van der Waals surface area contributed by atoms with Gasteiger partial charge in [-0.05, 0) is 22.9 Å². The Labute approximate surface area is 116 Å². The average molecular weight is 270 g/mol. The molecule has 1 heterocycles. The quantitative estimate of drug-likeness (QED) is 0.670. The van der Waals surface area contributed by atoms with Crippen molar-refractivity contribution in [1.82, 2.24) is 10.2 Å². The van der Waals surface area contributed by atoms with E-state index in [0.717, 1.165) is 6.42 Å². The third-order valence-electron chi connectivity index (χ3n) is 2.89. The van der Waals surface area contributed by atoms with Gasteiger partial charge in [0.05, 0.1) is 5.75 Å². The van der Waals surface area contributed by atoms with E-state index in [1.165, 1.54) is 15.7 Å². The van der Waals surface area contributed by atoms with E-state index in [2.05, 4.69) is 52.7 Å². The van der Waals surface area contributed by atoms with E-state index in [1.54, 1.807) is 11.8 Å². The van der Waals surface area contributed by atoms with Crippen LogP contribution < -0.4 is 0 Å². The molecule has 0 spiro atoms. The highest BCUT2D eigenvalue weighted by atomic mass is 32.2. The maximum Gasteiger partial charge on any atom is 0.226 e. The van der Waals surface area contributed by atoms with Crippen molar-refractivity contribution in [2.45, 2.75) is 24.0 Å². The van der Waals surface area contributed by atoms with Gasteiger partial charge in [-0.3, -0.25) is 0 Å². The van der Waals surface area contributed by atoms with Crippen LogP contribution in [0.3, 0.4) is 0 Å². The minimum Gasteiger partial charge on any atom is -0.424 e. The van der Waals surface area contributed by atoms with E-state index in [1.807, 2.05) is 6.92 Å². The number of thioether (sulfide) groups is 1. The van der Waals surface area contributed by atoms with Gasteiger partial charge in [-0.2, -0.15) is 0 Å². The van der Waals surface area contributed by atoms with Crippen LogP contribution in [0.2, 0.25) is 0 Å². The third-order valence-corrected chi connectivity index (χ3v) is 3.87. The molecule has 4 heteroatoms. The van der Waals surface area contributed by atoms with Gasteiger partial charge >= 0.3 is 0 Å². The summed E-state index contributed by atoms with van der Waals surface area (Å²) < 4.78 is 5.50. The zero-order valence-electron chi connectivity index (χ0n) is 10.7. The number of nitrogens with zero attached hydrogens (tertiary/aromatic N) is 2. The van der Waals surface area contributed by atoms with E-state index < -0.39 is 0 Å². The molecule has 3 rings (SSSR count). The second kappa shape index (κ2) is 5.45. The first kappa shape index (κ1) is 12.2. The monoisotopic (exact) mass is 270 g/mol. The van der Waals surface area contributed by atoms with Crippen molar-refractivity contribution in [3.8, 4) is 0 Å². The molecule has 0 fully saturated rings. The van der Waals surface area contributed by atoms with Crippen molar-refractivity contribution in [3.63, 3.8) is 0 Å². The number of rotatable bonds is 4. The van der Waals surface area contributed by atoms with Gasteiger partial charge in [0.15, 0.2) is 0 Å². The Balaban J connectivity index is 1.74. The van der Waals surface area contributed by atoms with Crippen molar-refractivity contribution in [3.05, 3.63) is 54.2 Å². The summed E-state index contributed by atoms with van der Waals surface area (Å²) >= 11 is 1.72. The van der Waals surface area contributed by atoms with Gasteiger partial charge in [-0.25, -0.2) is 0 Å². The SMILES string of the molecule is CCc1nnc(CSc2ccc3ccccc3c2)o1. The molecule has 0 atom stereocenters. The fraction of sp³-hybridized carbons (Fsp3) is 0.200. The minimum absolute atomic E-state index is 0.690. The summed E-state index contributed by atoms with van der Waals surface area (Å²) in [5.41, 5.74) is 0. The molecule has 0 aliphatic rings. The lowest BCUT2D eigenvalue weighted by molar-refractivity contribution is 0.470. The van der Waals surface area contributed by atoms with E-state index in [9.17, 15) is 0 Å². The average Bonchev–Trinajstić information content (AvgIpc) is 2.93. The fourth-order valence-electron chi connectivity index (χ4n) is 1.89. The first-order valence-corrected chi connectivity index (χ1v) is 7.26. The zero-order chi connectivity index (χ0) is 13.1. The van der Waals surface area contributed by atoms with Crippen molar-refractivity contribution >= 4 is 22.5 Å². The van der Waals surface area contributed by atoms with Crippen LogP contribution in [0.1, 0.15) is 18.7 Å². The van der Waals surface area contributed by atoms with Gasteiger partial charge in [-0.1, -0.05) is 37.3 Å². The van der Waals surface area contributed by atoms with E-state index in [-0.39, 0.29) is 0 Å². The molecule has 3 nitrogen and oxygen atoms in total. The summed E-state index contributed by atoms with van der Waals surface area (Å²) in [6, 6.07) is 14.8. The van der Waals surface area contributed by atoms with Gasteiger partial charge in [0, 0.05) is 11.3 Å². The predicted octanol–water partition coefficient (Wildman–Crippen LogP) is 4.08. The Morgan fingerprint density at radius 3 is 2.58 bits per heavy atom. The number of hydrogen-bond donors (Lipinski definition) is 0. The molecule has 0 aliphatic carbocycles. The molecule has 0 unspecified atom stereocenters. The Morgan fingerprint density at radius 1 is 1.00 bits per heavy atom. The van der Waals surface area contributed by atoms with Gasteiger partial charge in [0.2, 0.25) is 11.8 Å². The first-order valence-electron chi connectivity index (χ1n) is 6.28. The van der Waals surface area contributed by atoms with Gasteiger partial charge in [0.25, 0.3) is 0 Å². The first-order chi connectivity index (χ1) is 9.35. The molecule has 0 amide bonds. The largest absolute Gasteiger partial charge is 0.424 e. The lowest BCUT2D eigenvalue weighted by Gasteiger charge is -2.01. The standard InChI is InChI=1S/C15H14N2OS/c1-2-14-16-17-15(18-14)10-19-13-8-7-11-5-3-4-6-12(11)9-13/h3-9H,2,10H2,1H3. The minimum atomic E-state index is 0.690. The summed E-state index contributed by atoms with van der Waals surface area (Å²) in [6.45, 7) is 2.01. The number of fused-ring (bicyclic) bond motifs is 1. The third kappa shape index (κ3) is 2.79. The summed E-state index contributed by atoms with van der Waals surface area (Å²) in [6.07, 6.45) is 0.785. The van der Waals surface area contributed by atoms with Crippen molar-refractivity contribution in [1.29, 1.82) is 0 Å². The molecule has 1 aromatic heterocycles. The van der Waals surface area contributed by atoms with Crippen molar-refractivity contribution in [2.24, 2.45) is 0 Å². The topological polar surface area (TPSA) is 38.9 Å². The molecule has 2 aromatic carbocycles. The number of hydrogen-bond acceptors (Lipinski definition) is 4. The fourth-order valence-corrected chi connectivity index (χ4v) is 2.67. The lowest BCUT2D eigenvalue weighted by atomic mass is 10.1. The molecular weight excluding hydrogens is 256 g/mol. The predicted molar refractivity (Wildman–Crippen MR) is 77.2 cm³/mol. The highest BCUT2D eigenvalue weighted by molar-refractivity contribution is 7.98. The van der Waals surface area contributed by atoms with Crippen molar-refractivity contribution in [2.75, 3.05) is 0 Å². The maximum absolute atomic E-state index is 5.50. The molecular formula is C15H14N2OS. The summed E-state index contributed by atoms with van der Waals surface area (Å²) in [7, 11) is 0. The van der Waals surface area contributed by atoms with E-state index in [4.69, 9.17) is 4.42 Å². The molecule has 0 radical (unpaired) electrons. The molecule has 19 heavy (non-hydrogen) atoms. The Hall–Kier alpha value is -1.81. The molecule has 96 valence electrons. The number of aryl methyl sites for hydroxylation is 1. The van der Waals surface area contributed by atoms with Gasteiger partial charge < -0.3 is 4.42 Å². The summed E-state index contributed by atoms with van der Waals surface area (Å²) in [4.78, 5) is 1.22.